The fourth-order valence-electron chi connectivity index (χ4n) is 2.99. The molecule has 3 rings (SSSR count). The van der Waals surface area contributed by atoms with Gasteiger partial charge in [0.15, 0.2) is 0 Å². The third kappa shape index (κ3) is 3.47. The van der Waals surface area contributed by atoms with E-state index in [0.29, 0.717) is 18.4 Å². The molecule has 0 spiro atoms. The van der Waals surface area contributed by atoms with Gasteiger partial charge in [0, 0.05) is 12.6 Å². The normalized spacial score (nSPS) is 26.0. The maximum Gasteiger partial charge on any atom is 0.419 e. The molecule has 0 aromatic carbocycles. The lowest BCUT2D eigenvalue weighted by Crippen LogP contribution is -2.33. The number of piperidine rings is 1. The first-order chi connectivity index (χ1) is 10.4. The lowest BCUT2D eigenvalue weighted by molar-refractivity contribution is -0.364. The zero-order valence-electron chi connectivity index (χ0n) is 11.9. The molecule has 22 heavy (non-hydrogen) atoms. The molecule has 2 atom stereocenters. The fraction of sp³-hybridized carbons (Fsp3) is 0.643. The molecule has 2 fully saturated rings. The molecule has 0 unspecified atom stereocenters. The Bertz CT molecular complexity index is 527. The second-order valence-corrected chi connectivity index (χ2v) is 6.15. The van der Waals surface area contributed by atoms with Crippen LogP contribution >= 0.6 is 11.6 Å². The lowest BCUT2D eigenvalue weighted by atomic mass is 10.0. The van der Waals surface area contributed by atoms with E-state index in [4.69, 9.17) is 16.4 Å². The van der Waals surface area contributed by atoms with Crippen molar-refractivity contribution in [1.29, 1.82) is 0 Å². The van der Waals surface area contributed by atoms with Crippen LogP contribution in [0, 0.1) is 0 Å². The number of hydrogen-bond donors (Lipinski definition) is 1. The van der Waals surface area contributed by atoms with E-state index in [2.05, 4.69) is 10.3 Å². The Morgan fingerprint density at radius 2 is 2.23 bits per heavy atom. The van der Waals surface area contributed by atoms with Gasteiger partial charge in [-0.05, 0) is 25.3 Å². The Morgan fingerprint density at radius 3 is 2.91 bits per heavy atom. The van der Waals surface area contributed by atoms with Crippen molar-refractivity contribution in [2.24, 2.45) is 0 Å². The van der Waals surface area contributed by atoms with Crippen LogP contribution in [-0.4, -0.2) is 30.3 Å². The fourth-order valence-corrected chi connectivity index (χ4v) is 3.23. The van der Waals surface area contributed by atoms with E-state index in [1.807, 2.05) is 5.06 Å². The maximum atomic E-state index is 12.6. The molecule has 1 aromatic heterocycles. The smallest absolute Gasteiger partial charge is 0.291 e. The second kappa shape index (κ2) is 6.22. The third-order valence-corrected chi connectivity index (χ3v) is 4.42. The Balaban J connectivity index is 1.58. The van der Waals surface area contributed by atoms with Crippen molar-refractivity contribution in [2.45, 2.75) is 44.0 Å². The van der Waals surface area contributed by atoms with E-state index in [1.54, 1.807) is 0 Å². The summed E-state index contributed by atoms with van der Waals surface area (Å²) in [5.41, 5.74) is -0.794. The summed E-state index contributed by atoms with van der Waals surface area (Å²) in [7, 11) is 0. The lowest BCUT2D eigenvalue weighted by Gasteiger charge is -2.26. The molecule has 0 amide bonds. The Morgan fingerprint density at radius 1 is 1.41 bits per heavy atom. The minimum absolute atomic E-state index is 0.0190. The largest absolute Gasteiger partial charge is 0.419 e. The van der Waals surface area contributed by atoms with Crippen LogP contribution in [0.2, 0.25) is 5.02 Å². The van der Waals surface area contributed by atoms with Crippen LogP contribution in [0.5, 0.6) is 0 Å². The molecule has 2 N–H and O–H groups in total. The molecule has 3 heterocycles. The summed E-state index contributed by atoms with van der Waals surface area (Å²) in [5.74, 6) is 0.378. The topological polar surface area (TPSA) is 38.6 Å². The van der Waals surface area contributed by atoms with E-state index < -0.39 is 11.7 Å². The summed E-state index contributed by atoms with van der Waals surface area (Å²) < 4.78 is 37.7. The van der Waals surface area contributed by atoms with Crippen LogP contribution in [0.25, 0.3) is 0 Å². The van der Waals surface area contributed by atoms with Gasteiger partial charge in [-0.25, -0.2) is 4.98 Å². The number of alkyl halides is 3. The van der Waals surface area contributed by atoms with E-state index in [1.165, 1.54) is 6.42 Å². The maximum absolute atomic E-state index is 12.6. The van der Waals surface area contributed by atoms with E-state index >= 15 is 0 Å². The van der Waals surface area contributed by atoms with Crippen molar-refractivity contribution in [3.8, 4) is 0 Å². The van der Waals surface area contributed by atoms with Gasteiger partial charge in [-0.2, -0.15) is 18.2 Å². The van der Waals surface area contributed by atoms with Gasteiger partial charge in [0.2, 0.25) is 0 Å². The number of anilines is 1. The first kappa shape index (κ1) is 15.8. The predicted molar refractivity (Wildman–Crippen MR) is 75.3 cm³/mol. The number of aromatic nitrogens is 1. The molecule has 0 aliphatic carbocycles. The van der Waals surface area contributed by atoms with Crippen LogP contribution in [0.3, 0.4) is 0 Å². The number of nitrogens with one attached hydrogen (secondary N) is 2. The van der Waals surface area contributed by atoms with Gasteiger partial charge in [0.25, 0.3) is 5.82 Å². The summed E-state index contributed by atoms with van der Waals surface area (Å²) in [6.45, 7) is 1.46. The molecule has 0 bridgehead atoms. The minimum atomic E-state index is -4.41. The number of nitrogens with zero attached hydrogens (tertiary/aromatic N) is 1. The summed E-state index contributed by atoms with van der Waals surface area (Å²) in [6, 6.07) is 1.38. The van der Waals surface area contributed by atoms with Gasteiger partial charge in [-0.1, -0.05) is 18.0 Å². The molecule has 1 aromatic rings. The standard InChI is InChI=1S/C14H17ClF3N3O/c15-12-5-9(14(16,17)18)7-19-13(12)20-8-11-6-10-3-1-2-4-21(10)22-11/h5,7,10-11H,1-4,6,8H2,(H,19,20)/p+1/t10-,11+/m1/s1. The molecule has 2 saturated heterocycles. The van der Waals surface area contributed by atoms with Crippen molar-refractivity contribution in [3.05, 3.63) is 22.8 Å². The molecule has 0 radical (unpaired) electrons. The molecule has 0 saturated carbocycles. The number of H-pyrrole nitrogens is 1. The van der Waals surface area contributed by atoms with Crippen molar-refractivity contribution < 1.29 is 23.0 Å². The van der Waals surface area contributed by atoms with Crippen molar-refractivity contribution in [3.63, 3.8) is 0 Å². The van der Waals surface area contributed by atoms with Gasteiger partial charge in [-0.3, -0.25) is 10.2 Å². The minimum Gasteiger partial charge on any atom is -0.291 e. The number of hydroxylamine groups is 2. The highest BCUT2D eigenvalue weighted by Gasteiger charge is 2.36. The Kier molecular flexibility index (Phi) is 4.47. The molecule has 4 nitrogen and oxygen atoms in total. The van der Waals surface area contributed by atoms with Crippen LogP contribution < -0.4 is 10.3 Å². The van der Waals surface area contributed by atoms with Gasteiger partial charge >= 0.3 is 6.18 Å². The highest BCUT2D eigenvalue weighted by atomic mass is 35.5. The molecule has 2 aliphatic rings. The summed E-state index contributed by atoms with van der Waals surface area (Å²) in [4.78, 5) is 8.41. The first-order valence-corrected chi connectivity index (χ1v) is 7.77. The number of aromatic amines is 1. The SMILES string of the molecule is FC(F)(F)c1c[nH+]c(NC[C@@H]2C[C@H]3CCCCN3O2)c(Cl)c1. The number of fused-ring (bicyclic) bond motifs is 1. The van der Waals surface area contributed by atoms with Gasteiger partial charge in [0.1, 0.15) is 23.9 Å². The Hall–Kier alpha value is -1.05. The van der Waals surface area contributed by atoms with Crippen LogP contribution in [-0.2, 0) is 11.0 Å². The highest BCUT2D eigenvalue weighted by molar-refractivity contribution is 6.32. The number of pyridine rings is 1. The zero-order valence-corrected chi connectivity index (χ0v) is 12.7. The zero-order chi connectivity index (χ0) is 15.7. The molecule has 2 aliphatic heterocycles. The average molecular weight is 337 g/mol. The quantitative estimate of drug-likeness (QED) is 0.921. The second-order valence-electron chi connectivity index (χ2n) is 5.74. The Labute approximate surface area is 131 Å². The van der Waals surface area contributed by atoms with Crippen LogP contribution in [0.4, 0.5) is 19.0 Å². The molecular weight excluding hydrogens is 319 g/mol. The van der Waals surface area contributed by atoms with E-state index in [0.717, 1.165) is 38.1 Å². The van der Waals surface area contributed by atoms with Gasteiger partial charge < -0.3 is 0 Å². The van der Waals surface area contributed by atoms with Crippen molar-refractivity contribution in [1.82, 2.24) is 5.06 Å². The monoisotopic (exact) mass is 336 g/mol. The summed E-state index contributed by atoms with van der Waals surface area (Å²) in [5, 5.41) is 5.09. The number of halogens is 4. The molecule has 122 valence electrons. The van der Waals surface area contributed by atoms with Crippen molar-refractivity contribution >= 4 is 17.4 Å². The van der Waals surface area contributed by atoms with Crippen molar-refractivity contribution in [2.75, 3.05) is 18.4 Å². The van der Waals surface area contributed by atoms with Gasteiger partial charge in [0.05, 0.1) is 5.56 Å². The number of hydrogen-bond acceptors (Lipinski definition) is 3. The predicted octanol–water partition coefficient (Wildman–Crippen LogP) is 3.14. The van der Waals surface area contributed by atoms with Crippen LogP contribution in [0.1, 0.15) is 31.2 Å². The summed E-state index contributed by atoms with van der Waals surface area (Å²) >= 11 is 5.90. The van der Waals surface area contributed by atoms with E-state index in [-0.39, 0.29) is 11.1 Å². The molecule has 8 heteroatoms. The van der Waals surface area contributed by atoms with E-state index in [9.17, 15) is 13.2 Å². The van der Waals surface area contributed by atoms with Crippen LogP contribution in [0.15, 0.2) is 12.3 Å². The number of rotatable bonds is 3. The highest BCUT2D eigenvalue weighted by Crippen LogP contribution is 2.32. The van der Waals surface area contributed by atoms with Gasteiger partial charge in [-0.15, -0.1) is 0 Å². The first-order valence-electron chi connectivity index (χ1n) is 7.39. The third-order valence-electron chi connectivity index (χ3n) is 4.12. The summed E-state index contributed by atoms with van der Waals surface area (Å²) in [6.07, 6.45) is 0.978. The average Bonchev–Trinajstić information content (AvgIpc) is 2.87. The molecular formula is C14H18ClF3N3O+.